The molecule has 0 fully saturated rings. The first-order valence-corrected chi connectivity index (χ1v) is 9.28. The zero-order chi connectivity index (χ0) is 19.1. The molecule has 2 unspecified atom stereocenters. The Kier molecular flexibility index (Phi) is 7.07. The van der Waals surface area contributed by atoms with Crippen molar-refractivity contribution < 1.29 is 20.1 Å². The SMILES string of the molecule is CCCC(c1ccc(O)cc1)C(C(=O)O)C(CCC)c1ccc(O)cc1. The maximum absolute atomic E-state index is 12.3. The van der Waals surface area contributed by atoms with Crippen LogP contribution in [0.15, 0.2) is 48.5 Å². The average Bonchev–Trinajstić information content (AvgIpc) is 2.62. The lowest BCUT2D eigenvalue weighted by Gasteiger charge is -2.31. The van der Waals surface area contributed by atoms with E-state index in [0.717, 1.165) is 36.8 Å². The molecular weight excluding hydrogens is 328 g/mol. The number of hydrogen-bond donors (Lipinski definition) is 3. The molecule has 0 aliphatic rings. The van der Waals surface area contributed by atoms with Crippen LogP contribution in [0.3, 0.4) is 0 Å². The van der Waals surface area contributed by atoms with Crippen molar-refractivity contribution in [2.45, 2.75) is 51.4 Å². The second-order valence-electron chi connectivity index (χ2n) is 6.84. The molecule has 4 heteroatoms. The zero-order valence-electron chi connectivity index (χ0n) is 15.4. The minimum Gasteiger partial charge on any atom is -0.508 e. The van der Waals surface area contributed by atoms with Crippen molar-refractivity contribution in [1.29, 1.82) is 0 Å². The lowest BCUT2D eigenvalue weighted by atomic mass is 9.71. The molecular formula is C22H28O4. The van der Waals surface area contributed by atoms with E-state index in [-0.39, 0.29) is 23.3 Å². The highest BCUT2D eigenvalue weighted by Gasteiger charge is 2.36. The summed E-state index contributed by atoms with van der Waals surface area (Å²) in [5, 5.41) is 29.2. The summed E-state index contributed by atoms with van der Waals surface area (Å²) in [5.74, 6) is -1.28. The number of carboxylic acid groups (broad SMARTS) is 1. The average molecular weight is 356 g/mol. The molecule has 4 nitrogen and oxygen atoms in total. The quantitative estimate of drug-likeness (QED) is 0.572. The largest absolute Gasteiger partial charge is 0.508 e. The molecule has 140 valence electrons. The van der Waals surface area contributed by atoms with E-state index in [1.54, 1.807) is 24.3 Å². The highest BCUT2D eigenvalue weighted by Crippen LogP contribution is 2.42. The Morgan fingerprint density at radius 2 is 1.12 bits per heavy atom. The second kappa shape index (κ2) is 9.27. The van der Waals surface area contributed by atoms with Gasteiger partial charge in [0.05, 0.1) is 5.92 Å². The molecule has 0 heterocycles. The predicted molar refractivity (Wildman–Crippen MR) is 103 cm³/mol. The van der Waals surface area contributed by atoms with Crippen LogP contribution >= 0.6 is 0 Å². The molecule has 0 aliphatic carbocycles. The van der Waals surface area contributed by atoms with Gasteiger partial charge in [0, 0.05) is 0 Å². The first-order chi connectivity index (χ1) is 12.5. The van der Waals surface area contributed by atoms with E-state index >= 15 is 0 Å². The van der Waals surface area contributed by atoms with Gasteiger partial charge in [-0.1, -0.05) is 51.0 Å². The number of hydrogen-bond acceptors (Lipinski definition) is 3. The van der Waals surface area contributed by atoms with Crippen LogP contribution in [0.1, 0.15) is 62.5 Å². The fourth-order valence-electron chi connectivity index (χ4n) is 3.80. The number of rotatable bonds is 9. The van der Waals surface area contributed by atoms with Crippen LogP contribution < -0.4 is 0 Å². The van der Waals surface area contributed by atoms with E-state index in [1.165, 1.54) is 0 Å². The Morgan fingerprint density at radius 1 is 0.769 bits per heavy atom. The van der Waals surface area contributed by atoms with Gasteiger partial charge in [0.25, 0.3) is 0 Å². The van der Waals surface area contributed by atoms with E-state index in [9.17, 15) is 20.1 Å². The summed E-state index contributed by atoms with van der Waals surface area (Å²) in [6.45, 7) is 4.11. The van der Waals surface area contributed by atoms with Gasteiger partial charge in [-0.3, -0.25) is 4.79 Å². The van der Waals surface area contributed by atoms with Crippen LogP contribution in [0, 0.1) is 5.92 Å². The van der Waals surface area contributed by atoms with Gasteiger partial charge in [0.1, 0.15) is 11.5 Å². The maximum Gasteiger partial charge on any atom is 0.307 e. The van der Waals surface area contributed by atoms with Crippen molar-refractivity contribution in [3.63, 3.8) is 0 Å². The molecule has 2 aromatic rings. The van der Waals surface area contributed by atoms with Gasteiger partial charge >= 0.3 is 5.97 Å². The number of carbonyl (C=O) groups is 1. The summed E-state index contributed by atoms with van der Waals surface area (Å²) >= 11 is 0. The lowest BCUT2D eigenvalue weighted by Crippen LogP contribution is -2.29. The van der Waals surface area contributed by atoms with E-state index in [0.29, 0.717) is 0 Å². The van der Waals surface area contributed by atoms with Crippen molar-refractivity contribution in [2.75, 3.05) is 0 Å². The standard InChI is InChI=1S/C22H28O4/c1-3-5-19(15-7-11-17(23)12-8-15)21(22(25)26)20(6-4-2)16-9-13-18(24)14-10-16/h7-14,19-21,23-24H,3-6H2,1-2H3,(H,25,26). The molecule has 2 aromatic carbocycles. The Morgan fingerprint density at radius 3 is 1.38 bits per heavy atom. The highest BCUT2D eigenvalue weighted by molar-refractivity contribution is 5.73. The van der Waals surface area contributed by atoms with E-state index in [1.807, 2.05) is 24.3 Å². The number of phenolic OH excluding ortho intramolecular Hbond substituents is 2. The topological polar surface area (TPSA) is 77.8 Å². The smallest absolute Gasteiger partial charge is 0.307 e. The predicted octanol–water partition coefficient (Wildman–Crippen LogP) is 5.27. The third-order valence-electron chi connectivity index (χ3n) is 4.99. The van der Waals surface area contributed by atoms with Gasteiger partial charge < -0.3 is 15.3 Å². The first kappa shape index (κ1) is 19.8. The fraction of sp³-hybridized carbons (Fsp3) is 0.409. The molecule has 0 spiro atoms. The van der Waals surface area contributed by atoms with Crippen molar-refractivity contribution in [1.82, 2.24) is 0 Å². The van der Waals surface area contributed by atoms with Crippen molar-refractivity contribution in [3.05, 3.63) is 59.7 Å². The molecule has 0 bridgehead atoms. The van der Waals surface area contributed by atoms with Gasteiger partial charge in [-0.15, -0.1) is 0 Å². The van der Waals surface area contributed by atoms with Gasteiger partial charge in [-0.05, 0) is 60.1 Å². The van der Waals surface area contributed by atoms with Gasteiger partial charge in [0.15, 0.2) is 0 Å². The monoisotopic (exact) mass is 356 g/mol. The van der Waals surface area contributed by atoms with Crippen LogP contribution in [0.4, 0.5) is 0 Å². The van der Waals surface area contributed by atoms with E-state index in [4.69, 9.17) is 0 Å². The van der Waals surface area contributed by atoms with Gasteiger partial charge in [-0.2, -0.15) is 0 Å². The minimum absolute atomic E-state index is 0.136. The summed E-state index contributed by atoms with van der Waals surface area (Å²) in [4.78, 5) is 12.3. The van der Waals surface area contributed by atoms with Crippen molar-refractivity contribution in [2.24, 2.45) is 5.92 Å². The third kappa shape index (κ3) is 4.78. The number of aliphatic carboxylic acids is 1. The third-order valence-corrected chi connectivity index (χ3v) is 4.99. The molecule has 0 aliphatic heterocycles. The molecule has 3 N–H and O–H groups in total. The molecule has 0 radical (unpaired) electrons. The number of aromatic hydroxyl groups is 2. The van der Waals surface area contributed by atoms with Crippen LogP contribution in [-0.2, 0) is 4.79 Å². The molecule has 0 aromatic heterocycles. The summed E-state index contributed by atoms with van der Waals surface area (Å²) in [6, 6.07) is 13.8. The maximum atomic E-state index is 12.3. The van der Waals surface area contributed by atoms with Crippen LogP contribution in [0.2, 0.25) is 0 Å². The van der Waals surface area contributed by atoms with Crippen LogP contribution in [0.5, 0.6) is 11.5 Å². The van der Waals surface area contributed by atoms with Crippen molar-refractivity contribution >= 4 is 5.97 Å². The molecule has 0 saturated heterocycles. The minimum atomic E-state index is -0.803. The van der Waals surface area contributed by atoms with E-state index in [2.05, 4.69) is 13.8 Å². The Labute approximate surface area is 155 Å². The number of benzene rings is 2. The molecule has 0 saturated carbocycles. The summed E-state index contributed by atoms with van der Waals surface area (Å²) in [6.07, 6.45) is 3.29. The normalized spacial score (nSPS) is 14.5. The Bertz CT molecular complexity index is 636. The van der Waals surface area contributed by atoms with Crippen molar-refractivity contribution in [3.8, 4) is 11.5 Å². The highest BCUT2D eigenvalue weighted by atomic mass is 16.4. The zero-order valence-corrected chi connectivity index (χ0v) is 15.4. The van der Waals surface area contributed by atoms with Crippen LogP contribution in [0.25, 0.3) is 0 Å². The van der Waals surface area contributed by atoms with Crippen LogP contribution in [-0.4, -0.2) is 21.3 Å². The molecule has 2 rings (SSSR count). The summed E-state index contributed by atoms with van der Waals surface area (Å²) in [5.41, 5.74) is 1.88. The van der Waals surface area contributed by atoms with E-state index < -0.39 is 11.9 Å². The number of carboxylic acids is 1. The first-order valence-electron chi connectivity index (χ1n) is 9.28. The summed E-state index contributed by atoms with van der Waals surface area (Å²) in [7, 11) is 0. The molecule has 2 atom stereocenters. The number of phenols is 2. The van der Waals surface area contributed by atoms with Gasteiger partial charge in [0.2, 0.25) is 0 Å². The fourth-order valence-corrected chi connectivity index (χ4v) is 3.80. The lowest BCUT2D eigenvalue weighted by molar-refractivity contribution is -0.143. The molecule has 26 heavy (non-hydrogen) atoms. The summed E-state index contributed by atoms with van der Waals surface area (Å²) < 4.78 is 0. The molecule has 0 amide bonds. The Balaban J connectivity index is 2.47. The Hall–Kier alpha value is -2.49. The second-order valence-corrected chi connectivity index (χ2v) is 6.84. The van der Waals surface area contributed by atoms with Gasteiger partial charge in [-0.25, -0.2) is 0 Å².